The van der Waals surface area contributed by atoms with E-state index in [9.17, 15) is 8.42 Å². The second-order valence-electron chi connectivity index (χ2n) is 6.64. The average molecular weight is 402 g/mol. The van der Waals surface area contributed by atoms with Gasteiger partial charge >= 0.3 is 0 Å². The van der Waals surface area contributed by atoms with Crippen LogP contribution in [0.5, 0.6) is 0 Å². The lowest BCUT2D eigenvalue weighted by Crippen LogP contribution is -2.25. The number of unbranched alkanes of at least 4 members (excludes halogenated alkanes) is 3. The SMILES string of the molecule is O=S(=O)(NCCCCCCc1ccccc1)c1cccc2c(Cl)cccc12. The van der Waals surface area contributed by atoms with Gasteiger partial charge < -0.3 is 0 Å². The highest BCUT2D eigenvalue weighted by Gasteiger charge is 2.17. The highest BCUT2D eigenvalue weighted by molar-refractivity contribution is 7.89. The van der Waals surface area contributed by atoms with Crippen molar-refractivity contribution in [2.45, 2.75) is 37.0 Å². The molecule has 3 aromatic rings. The molecular weight excluding hydrogens is 378 g/mol. The summed E-state index contributed by atoms with van der Waals surface area (Å²) in [5, 5.41) is 1.96. The van der Waals surface area contributed by atoms with Crippen LogP contribution in [0.25, 0.3) is 10.8 Å². The lowest BCUT2D eigenvalue weighted by atomic mass is 10.1. The molecule has 0 aromatic heterocycles. The van der Waals surface area contributed by atoms with E-state index in [0.29, 0.717) is 17.0 Å². The van der Waals surface area contributed by atoms with E-state index < -0.39 is 10.0 Å². The van der Waals surface area contributed by atoms with Gasteiger partial charge in [0.25, 0.3) is 0 Å². The van der Waals surface area contributed by atoms with Crippen LogP contribution < -0.4 is 4.72 Å². The summed E-state index contributed by atoms with van der Waals surface area (Å²) in [4.78, 5) is 0.284. The number of halogens is 1. The minimum absolute atomic E-state index is 0.284. The molecule has 0 aliphatic carbocycles. The molecule has 3 nitrogen and oxygen atoms in total. The van der Waals surface area contributed by atoms with Crippen molar-refractivity contribution in [3.05, 3.63) is 77.3 Å². The highest BCUT2D eigenvalue weighted by atomic mass is 35.5. The van der Waals surface area contributed by atoms with Gasteiger partial charge in [-0.05, 0) is 37.0 Å². The second-order valence-corrected chi connectivity index (χ2v) is 8.78. The lowest BCUT2D eigenvalue weighted by Gasteiger charge is -2.10. The van der Waals surface area contributed by atoms with Crippen LogP contribution in [0, 0.1) is 0 Å². The molecule has 0 amide bonds. The number of sulfonamides is 1. The number of hydrogen-bond donors (Lipinski definition) is 1. The van der Waals surface area contributed by atoms with Crippen LogP contribution in [-0.2, 0) is 16.4 Å². The van der Waals surface area contributed by atoms with Gasteiger partial charge in [-0.3, -0.25) is 0 Å². The van der Waals surface area contributed by atoms with Gasteiger partial charge in [0.2, 0.25) is 10.0 Å². The van der Waals surface area contributed by atoms with Crippen molar-refractivity contribution in [3.63, 3.8) is 0 Å². The van der Waals surface area contributed by atoms with Gasteiger partial charge in [-0.15, -0.1) is 0 Å². The molecule has 3 aromatic carbocycles. The molecule has 0 saturated heterocycles. The van der Waals surface area contributed by atoms with Crippen molar-refractivity contribution >= 4 is 32.4 Å². The molecule has 0 atom stereocenters. The van der Waals surface area contributed by atoms with Gasteiger partial charge in [0.1, 0.15) is 0 Å². The zero-order valence-electron chi connectivity index (χ0n) is 15.2. The molecule has 0 bridgehead atoms. The maximum atomic E-state index is 12.7. The standard InChI is InChI=1S/C22H24ClNO2S/c23-21-15-8-14-20-19(21)13-9-16-22(20)27(25,26)24-17-7-2-1-4-10-18-11-5-3-6-12-18/h3,5-6,8-9,11-16,24H,1-2,4,7,10,17H2. The highest BCUT2D eigenvalue weighted by Crippen LogP contribution is 2.28. The summed E-state index contributed by atoms with van der Waals surface area (Å²) >= 11 is 6.18. The Bertz CT molecular complexity index is 988. The maximum absolute atomic E-state index is 12.7. The Morgan fingerprint density at radius 1 is 0.741 bits per heavy atom. The Balaban J connectivity index is 1.49. The average Bonchev–Trinajstić information content (AvgIpc) is 2.68. The Hall–Kier alpha value is -1.88. The van der Waals surface area contributed by atoms with Gasteiger partial charge in [-0.25, -0.2) is 13.1 Å². The molecule has 1 N–H and O–H groups in total. The van der Waals surface area contributed by atoms with Crippen LogP contribution in [0.1, 0.15) is 31.2 Å². The number of benzene rings is 3. The predicted molar refractivity (Wildman–Crippen MR) is 113 cm³/mol. The maximum Gasteiger partial charge on any atom is 0.241 e. The topological polar surface area (TPSA) is 46.2 Å². The Kier molecular flexibility index (Phi) is 6.89. The summed E-state index contributed by atoms with van der Waals surface area (Å²) < 4.78 is 28.1. The third-order valence-corrected chi connectivity index (χ3v) is 6.49. The normalized spacial score (nSPS) is 11.7. The minimum Gasteiger partial charge on any atom is -0.211 e. The summed E-state index contributed by atoms with van der Waals surface area (Å²) in [6, 6.07) is 21.0. The van der Waals surface area contributed by atoms with E-state index in [1.807, 2.05) is 12.1 Å². The second kappa shape index (κ2) is 9.36. The first-order chi connectivity index (χ1) is 13.1. The minimum atomic E-state index is -3.55. The Morgan fingerprint density at radius 2 is 1.44 bits per heavy atom. The fraction of sp³-hybridized carbons (Fsp3) is 0.273. The number of hydrogen-bond acceptors (Lipinski definition) is 2. The first-order valence-electron chi connectivity index (χ1n) is 9.29. The molecule has 3 rings (SSSR count). The number of rotatable bonds is 9. The van der Waals surface area contributed by atoms with Gasteiger partial charge in [-0.1, -0.05) is 79.0 Å². The molecule has 0 radical (unpaired) electrons. The third-order valence-electron chi connectivity index (χ3n) is 4.65. The van der Waals surface area contributed by atoms with Crippen molar-refractivity contribution in [3.8, 4) is 0 Å². The van der Waals surface area contributed by atoms with E-state index in [-0.39, 0.29) is 4.90 Å². The fourth-order valence-electron chi connectivity index (χ4n) is 3.21. The summed E-state index contributed by atoms with van der Waals surface area (Å²) in [7, 11) is -3.55. The zero-order valence-corrected chi connectivity index (χ0v) is 16.8. The van der Waals surface area contributed by atoms with Crippen molar-refractivity contribution in [1.82, 2.24) is 4.72 Å². The van der Waals surface area contributed by atoms with E-state index in [4.69, 9.17) is 11.6 Å². The largest absolute Gasteiger partial charge is 0.241 e. The summed E-state index contributed by atoms with van der Waals surface area (Å²) in [5.74, 6) is 0. The molecule has 0 unspecified atom stereocenters. The van der Waals surface area contributed by atoms with E-state index in [2.05, 4.69) is 29.0 Å². The first-order valence-corrected chi connectivity index (χ1v) is 11.1. The van der Waals surface area contributed by atoms with Crippen LogP contribution in [0.2, 0.25) is 5.02 Å². The number of nitrogens with one attached hydrogen (secondary N) is 1. The van der Waals surface area contributed by atoms with Crippen LogP contribution in [0.4, 0.5) is 0 Å². The van der Waals surface area contributed by atoms with Gasteiger partial charge in [0.15, 0.2) is 0 Å². The van der Waals surface area contributed by atoms with Crippen molar-refractivity contribution in [2.24, 2.45) is 0 Å². The molecule has 5 heteroatoms. The molecule has 0 aliphatic heterocycles. The Morgan fingerprint density at radius 3 is 2.26 bits per heavy atom. The zero-order chi connectivity index (χ0) is 19.1. The van der Waals surface area contributed by atoms with Crippen LogP contribution in [0.3, 0.4) is 0 Å². The molecule has 0 saturated carbocycles. The van der Waals surface area contributed by atoms with E-state index in [1.165, 1.54) is 5.56 Å². The van der Waals surface area contributed by atoms with Crippen LogP contribution >= 0.6 is 11.6 Å². The Labute approximate surface area is 166 Å². The summed E-state index contributed by atoms with van der Waals surface area (Å²) in [6.07, 6.45) is 5.14. The van der Waals surface area contributed by atoms with Crippen LogP contribution in [-0.4, -0.2) is 15.0 Å². The molecular formula is C22H24ClNO2S. The molecule has 27 heavy (non-hydrogen) atoms. The van der Waals surface area contributed by atoms with Crippen LogP contribution in [0.15, 0.2) is 71.6 Å². The van der Waals surface area contributed by atoms with E-state index in [0.717, 1.165) is 37.5 Å². The van der Waals surface area contributed by atoms with E-state index in [1.54, 1.807) is 30.3 Å². The van der Waals surface area contributed by atoms with Gasteiger partial charge in [0.05, 0.1) is 4.90 Å². The van der Waals surface area contributed by atoms with Gasteiger partial charge in [-0.2, -0.15) is 0 Å². The lowest BCUT2D eigenvalue weighted by molar-refractivity contribution is 0.572. The third kappa shape index (κ3) is 5.32. The number of aryl methyl sites for hydroxylation is 1. The molecule has 0 spiro atoms. The summed E-state index contributed by atoms with van der Waals surface area (Å²) in [5.41, 5.74) is 1.35. The van der Waals surface area contributed by atoms with E-state index >= 15 is 0 Å². The van der Waals surface area contributed by atoms with Crippen molar-refractivity contribution in [2.75, 3.05) is 6.54 Å². The monoisotopic (exact) mass is 401 g/mol. The predicted octanol–water partition coefficient (Wildman–Crippen LogP) is 5.57. The summed E-state index contributed by atoms with van der Waals surface area (Å²) in [6.45, 7) is 0.449. The number of fused-ring (bicyclic) bond motifs is 1. The molecule has 0 fully saturated rings. The van der Waals surface area contributed by atoms with Crippen molar-refractivity contribution < 1.29 is 8.42 Å². The molecule has 142 valence electrons. The quantitative estimate of drug-likeness (QED) is 0.476. The smallest absolute Gasteiger partial charge is 0.211 e. The molecule has 0 heterocycles. The first kappa shape index (κ1) is 19.9. The fourth-order valence-corrected chi connectivity index (χ4v) is 4.75. The van der Waals surface area contributed by atoms with Gasteiger partial charge in [0, 0.05) is 22.3 Å². The molecule has 0 aliphatic rings. The van der Waals surface area contributed by atoms with Crippen molar-refractivity contribution in [1.29, 1.82) is 0 Å².